The number of unbranched alkanes of at least 4 members (excludes halogenated alkanes) is 5. The molecule has 0 bridgehead atoms. The van der Waals surface area contributed by atoms with E-state index in [9.17, 15) is 0 Å². The van der Waals surface area contributed by atoms with Crippen LogP contribution < -0.4 is 0 Å². The van der Waals surface area contributed by atoms with E-state index in [1.54, 1.807) is 0 Å². The highest BCUT2D eigenvalue weighted by atomic mass is 28.3. The monoisotopic (exact) mass is 254 g/mol. The van der Waals surface area contributed by atoms with Gasteiger partial charge in [-0.05, 0) is 12.0 Å². The van der Waals surface area contributed by atoms with Gasteiger partial charge in [-0.3, -0.25) is 0 Å². The molecule has 0 spiro atoms. The molecule has 102 valence electrons. The van der Waals surface area contributed by atoms with Crippen LogP contribution in [0.1, 0.15) is 65.2 Å². The average molecular weight is 255 g/mol. The van der Waals surface area contributed by atoms with E-state index in [1.807, 2.05) is 0 Å². The van der Waals surface area contributed by atoms with Gasteiger partial charge in [0.25, 0.3) is 0 Å². The fourth-order valence-electron chi connectivity index (χ4n) is 2.68. The van der Waals surface area contributed by atoms with Gasteiger partial charge in [0.05, 0.1) is 8.07 Å². The summed E-state index contributed by atoms with van der Waals surface area (Å²) >= 11 is 0. The minimum atomic E-state index is -1.04. The van der Waals surface area contributed by atoms with Crippen molar-refractivity contribution in [2.45, 2.75) is 89.9 Å². The van der Waals surface area contributed by atoms with Gasteiger partial charge in [0.2, 0.25) is 0 Å². The van der Waals surface area contributed by atoms with E-state index in [4.69, 9.17) is 0 Å². The number of rotatable bonds is 11. The molecule has 0 aromatic heterocycles. The lowest BCUT2D eigenvalue weighted by molar-refractivity contribution is 0.620. The predicted octanol–water partition coefficient (Wildman–Crippen LogP) is 6.41. The lowest BCUT2D eigenvalue weighted by Gasteiger charge is -2.30. The molecule has 0 aliphatic heterocycles. The molecule has 1 atom stereocenters. The zero-order valence-corrected chi connectivity index (χ0v) is 13.7. The Kier molecular flexibility index (Phi) is 9.91. The van der Waals surface area contributed by atoms with Crippen molar-refractivity contribution in [1.82, 2.24) is 0 Å². The smallest absolute Gasteiger partial charge is 0.0543 e. The molecule has 1 unspecified atom stereocenters. The van der Waals surface area contributed by atoms with Gasteiger partial charge < -0.3 is 0 Å². The van der Waals surface area contributed by atoms with E-state index in [0.29, 0.717) is 0 Å². The third-order valence-electron chi connectivity index (χ3n) is 4.06. The van der Waals surface area contributed by atoms with Crippen LogP contribution in [0, 0.1) is 0 Å². The molecule has 0 radical (unpaired) electrons. The van der Waals surface area contributed by atoms with Crippen molar-refractivity contribution in [3.8, 4) is 0 Å². The highest BCUT2D eigenvalue weighted by Gasteiger charge is 2.27. The molecule has 0 rings (SSSR count). The van der Waals surface area contributed by atoms with Gasteiger partial charge in [-0.2, -0.15) is 0 Å². The van der Waals surface area contributed by atoms with Crippen LogP contribution in [0.4, 0.5) is 0 Å². The standard InChI is InChI=1S/C16H34Si/c1-6-9-10-11-12-13-15-17(4,5)16(8-3)14-7-2/h8,16H,3,6-7,9-15H2,1-2,4-5H3. The second-order valence-electron chi connectivity index (χ2n) is 6.14. The molecule has 0 fully saturated rings. The van der Waals surface area contributed by atoms with Gasteiger partial charge in [0.1, 0.15) is 0 Å². The van der Waals surface area contributed by atoms with E-state index in [1.165, 1.54) is 57.4 Å². The second kappa shape index (κ2) is 9.93. The van der Waals surface area contributed by atoms with Gasteiger partial charge >= 0.3 is 0 Å². The summed E-state index contributed by atoms with van der Waals surface area (Å²) in [4.78, 5) is 0. The number of hydrogen-bond donors (Lipinski definition) is 0. The molecule has 0 amide bonds. The normalized spacial score (nSPS) is 13.6. The zero-order chi connectivity index (χ0) is 13.1. The first-order chi connectivity index (χ1) is 8.08. The molecule has 0 saturated heterocycles. The Bertz CT molecular complexity index is 184. The van der Waals surface area contributed by atoms with Crippen molar-refractivity contribution in [2.75, 3.05) is 0 Å². The first kappa shape index (κ1) is 17.0. The maximum Gasteiger partial charge on any atom is 0.0543 e. The van der Waals surface area contributed by atoms with Gasteiger partial charge in [-0.25, -0.2) is 0 Å². The van der Waals surface area contributed by atoms with Gasteiger partial charge in [0.15, 0.2) is 0 Å². The van der Waals surface area contributed by atoms with Crippen LogP contribution in [-0.4, -0.2) is 8.07 Å². The lowest BCUT2D eigenvalue weighted by Crippen LogP contribution is -2.31. The maximum absolute atomic E-state index is 4.05. The van der Waals surface area contributed by atoms with E-state index in [2.05, 4.69) is 39.6 Å². The number of allylic oxidation sites excluding steroid dienone is 1. The Morgan fingerprint density at radius 1 is 0.941 bits per heavy atom. The molecule has 0 heterocycles. The fourth-order valence-corrected chi connectivity index (χ4v) is 5.93. The average Bonchev–Trinajstić information content (AvgIpc) is 2.30. The van der Waals surface area contributed by atoms with Crippen LogP contribution >= 0.6 is 0 Å². The Balaban J connectivity index is 3.78. The summed E-state index contributed by atoms with van der Waals surface area (Å²) in [5.41, 5.74) is 0.836. The molecule has 0 saturated carbocycles. The van der Waals surface area contributed by atoms with Crippen LogP contribution in [0.5, 0.6) is 0 Å². The molecule has 0 aromatic rings. The molecule has 0 aliphatic carbocycles. The van der Waals surface area contributed by atoms with Crippen LogP contribution in [0.15, 0.2) is 12.7 Å². The van der Waals surface area contributed by atoms with Crippen molar-refractivity contribution >= 4 is 8.07 Å². The third kappa shape index (κ3) is 7.80. The minimum absolute atomic E-state index is 0.836. The first-order valence-electron chi connectivity index (χ1n) is 7.71. The number of hydrogen-bond acceptors (Lipinski definition) is 0. The molecular formula is C16H34Si. The summed E-state index contributed by atoms with van der Waals surface area (Å²) < 4.78 is 0. The Hall–Kier alpha value is -0.0431. The van der Waals surface area contributed by atoms with Crippen LogP contribution in [-0.2, 0) is 0 Å². The predicted molar refractivity (Wildman–Crippen MR) is 84.5 cm³/mol. The molecule has 1 heteroatoms. The second-order valence-corrected chi connectivity index (χ2v) is 11.4. The highest BCUT2D eigenvalue weighted by molar-refractivity contribution is 6.79. The van der Waals surface area contributed by atoms with E-state index in [-0.39, 0.29) is 0 Å². The quantitative estimate of drug-likeness (QED) is 0.227. The molecule has 0 aromatic carbocycles. The fraction of sp³-hybridized carbons (Fsp3) is 0.875. The van der Waals surface area contributed by atoms with Crippen LogP contribution in [0.2, 0.25) is 24.7 Å². The van der Waals surface area contributed by atoms with Crippen molar-refractivity contribution in [2.24, 2.45) is 0 Å². The van der Waals surface area contributed by atoms with Crippen molar-refractivity contribution in [3.63, 3.8) is 0 Å². The van der Waals surface area contributed by atoms with Gasteiger partial charge in [-0.15, -0.1) is 6.58 Å². The summed E-state index contributed by atoms with van der Waals surface area (Å²) in [5, 5.41) is 0. The largest absolute Gasteiger partial charge is 0.103 e. The highest BCUT2D eigenvalue weighted by Crippen LogP contribution is 2.32. The van der Waals surface area contributed by atoms with Gasteiger partial charge in [-0.1, -0.05) is 84.0 Å². The summed E-state index contributed by atoms with van der Waals surface area (Å²) in [5.74, 6) is 0. The maximum atomic E-state index is 4.05. The topological polar surface area (TPSA) is 0 Å². The first-order valence-corrected chi connectivity index (χ1v) is 11.0. The summed E-state index contributed by atoms with van der Waals surface area (Å²) in [7, 11) is -1.04. The summed E-state index contributed by atoms with van der Waals surface area (Å²) in [6.45, 7) is 13.7. The summed E-state index contributed by atoms with van der Waals surface area (Å²) in [6, 6.07) is 1.50. The van der Waals surface area contributed by atoms with Crippen molar-refractivity contribution in [1.29, 1.82) is 0 Å². The third-order valence-corrected chi connectivity index (χ3v) is 8.24. The molecular weight excluding hydrogens is 220 g/mol. The van der Waals surface area contributed by atoms with Gasteiger partial charge in [0, 0.05) is 0 Å². The van der Waals surface area contributed by atoms with E-state index >= 15 is 0 Å². The molecule has 17 heavy (non-hydrogen) atoms. The van der Waals surface area contributed by atoms with Crippen molar-refractivity contribution in [3.05, 3.63) is 12.7 Å². The lowest BCUT2D eigenvalue weighted by atomic mass is 10.1. The van der Waals surface area contributed by atoms with Crippen LogP contribution in [0.3, 0.4) is 0 Å². The molecule has 0 aliphatic rings. The van der Waals surface area contributed by atoms with E-state index < -0.39 is 8.07 Å². The van der Waals surface area contributed by atoms with Crippen LogP contribution in [0.25, 0.3) is 0 Å². The molecule has 0 N–H and O–H groups in total. The Morgan fingerprint density at radius 3 is 2.06 bits per heavy atom. The van der Waals surface area contributed by atoms with E-state index in [0.717, 1.165) is 5.54 Å². The Labute approximate surface area is 111 Å². The Morgan fingerprint density at radius 2 is 1.53 bits per heavy atom. The summed E-state index contributed by atoms with van der Waals surface area (Å²) in [6.07, 6.45) is 13.5. The molecule has 0 nitrogen and oxygen atoms in total. The SMILES string of the molecule is C=CC(CCC)[Si](C)(C)CCCCCCCC. The van der Waals surface area contributed by atoms with Crippen molar-refractivity contribution < 1.29 is 0 Å². The zero-order valence-electron chi connectivity index (χ0n) is 12.7. The minimum Gasteiger partial charge on any atom is -0.103 e.